The topological polar surface area (TPSA) is 90.8 Å². The van der Waals surface area contributed by atoms with E-state index in [1.54, 1.807) is 42.7 Å². The quantitative estimate of drug-likeness (QED) is 0.835. The smallest absolute Gasteiger partial charge is 0.308 e. The molecule has 2 aliphatic rings. The van der Waals surface area contributed by atoms with E-state index in [2.05, 4.69) is 4.98 Å². The second kappa shape index (κ2) is 6.83. The fraction of sp³-hybridized carbons (Fsp3) is 0.300. The van der Waals surface area contributed by atoms with Crippen LogP contribution in [0.5, 0.6) is 0 Å². The van der Waals surface area contributed by atoms with Gasteiger partial charge in [0.2, 0.25) is 0 Å². The maximum Gasteiger partial charge on any atom is 0.308 e. The molecule has 1 aromatic carbocycles. The molecule has 138 valence electrons. The molecular weight excluding hydrogens is 346 g/mol. The number of amides is 2. The Labute approximate surface area is 156 Å². The number of hydrogen-bond acceptors (Lipinski definition) is 5. The summed E-state index contributed by atoms with van der Waals surface area (Å²) in [5.41, 5.74) is 2.23. The Bertz CT molecular complexity index is 913. The van der Waals surface area contributed by atoms with Crippen LogP contribution in [0, 0.1) is 5.92 Å². The average Bonchev–Trinajstić information content (AvgIpc) is 2.94. The number of imide groups is 1. The molecule has 2 aromatic rings. The number of carboxylic acid groups (broad SMARTS) is 1. The molecule has 1 unspecified atom stereocenters. The summed E-state index contributed by atoms with van der Waals surface area (Å²) in [6.07, 6.45) is 4.61. The highest BCUT2D eigenvalue weighted by atomic mass is 16.4. The normalized spacial score (nSPS) is 19.3. The monoisotopic (exact) mass is 365 g/mol. The number of aromatic nitrogens is 1. The highest BCUT2D eigenvalue weighted by Crippen LogP contribution is 2.34. The van der Waals surface area contributed by atoms with Crippen LogP contribution in [0.1, 0.15) is 39.1 Å². The van der Waals surface area contributed by atoms with Gasteiger partial charge in [0.25, 0.3) is 11.8 Å². The lowest BCUT2D eigenvalue weighted by atomic mass is 9.96. The van der Waals surface area contributed by atoms with Crippen molar-refractivity contribution in [1.82, 2.24) is 9.88 Å². The van der Waals surface area contributed by atoms with Gasteiger partial charge in [-0.2, -0.15) is 0 Å². The fourth-order valence-electron chi connectivity index (χ4n) is 3.79. The van der Waals surface area contributed by atoms with Gasteiger partial charge in [0, 0.05) is 25.5 Å². The Morgan fingerprint density at radius 3 is 2.67 bits per heavy atom. The first kappa shape index (κ1) is 17.2. The van der Waals surface area contributed by atoms with Crippen molar-refractivity contribution >= 4 is 23.5 Å². The van der Waals surface area contributed by atoms with Crippen LogP contribution in [0.3, 0.4) is 0 Å². The fourth-order valence-corrected chi connectivity index (χ4v) is 3.79. The third kappa shape index (κ3) is 3.05. The van der Waals surface area contributed by atoms with E-state index in [-0.39, 0.29) is 18.4 Å². The van der Waals surface area contributed by atoms with E-state index in [1.165, 1.54) is 4.90 Å². The van der Waals surface area contributed by atoms with E-state index in [0.29, 0.717) is 36.3 Å². The molecule has 7 nitrogen and oxygen atoms in total. The van der Waals surface area contributed by atoms with Crippen molar-refractivity contribution in [2.45, 2.75) is 19.4 Å². The third-order valence-corrected chi connectivity index (χ3v) is 5.18. The third-order valence-electron chi connectivity index (χ3n) is 5.18. The summed E-state index contributed by atoms with van der Waals surface area (Å²) in [4.78, 5) is 44.3. The van der Waals surface area contributed by atoms with E-state index in [0.717, 1.165) is 12.0 Å². The number of rotatable bonds is 4. The van der Waals surface area contributed by atoms with E-state index in [9.17, 15) is 19.5 Å². The Morgan fingerprint density at radius 1 is 1.15 bits per heavy atom. The summed E-state index contributed by atoms with van der Waals surface area (Å²) in [7, 11) is 0. The lowest BCUT2D eigenvalue weighted by Crippen LogP contribution is -2.39. The number of fused-ring (bicyclic) bond motifs is 1. The van der Waals surface area contributed by atoms with Crippen LogP contribution in [0.25, 0.3) is 0 Å². The highest BCUT2D eigenvalue weighted by Gasteiger charge is 2.39. The summed E-state index contributed by atoms with van der Waals surface area (Å²) in [6.45, 7) is 1.20. The molecule has 27 heavy (non-hydrogen) atoms. The highest BCUT2D eigenvalue weighted by molar-refractivity contribution is 6.23. The number of nitrogens with zero attached hydrogens (tertiary/aromatic N) is 3. The van der Waals surface area contributed by atoms with Crippen LogP contribution in [0.15, 0.2) is 42.7 Å². The summed E-state index contributed by atoms with van der Waals surface area (Å²) >= 11 is 0. The number of benzene rings is 1. The molecule has 1 saturated heterocycles. The van der Waals surface area contributed by atoms with Crippen LogP contribution >= 0.6 is 0 Å². The van der Waals surface area contributed by atoms with Crippen LogP contribution < -0.4 is 4.90 Å². The van der Waals surface area contributed by atoms with Crippen molar-refractivity contribution in [3.63, 3.8) is 0 Å². The van der Waals surface area contributed by atoms with E-state index >= 15 is 0 Å². The molecule has 0 spiro atoms. The molecule has 1 N–H and O–H groups in total. The zero-order valence-corrected chi connectivity index (χ0v) is 14.7. The van der Waals surface area contributed by atoms with Gasteiger partial charge in [0.05, 0.1) is 29.3 Å². The maximum absolute atomic E-state index is 13.0. The minimum atomic E-state index is -0.825. The number of carbonyl (C=O) groups is 3. The summed E-state index contributed by atoms with van der Waals surface area (Å²) < 4.78 is 0. The molecule has 3 heterocycles. The van der Waals surface area contributed by atoms with Crippen molar-refractivity contribution in [2.24, 2.45) is 5.92 Å². The Hall–Kier alpha value is -3.22. The summed E-state index contributed by atoms with van der Waals surface area (Å²) in [6, 6.07) is 8.74. The molecular formula is C20H19N3O4. The van der Waals surface area contributed by atoms with E-state index < -0.39 is 11.9 Å². The number of carbonyl (C=O) groups excluding carboxylic acids is 2. The van der Waals surface area contributed by atoms with Gasteiger partial charge in [-0.05, 0) is 42.7 Å². The number of anilines is 1. The van der Waals surface area contributed by atoms with Crippen molar-refractivity contribution in [1.29, 1.82) is 0 Å². The predicted molar refractivity (Wildman–Crippen MR) is 97.5 cm³/mol. The first-order valence-electron chi connectivity index (χ1n) is 8.92. The Morgan fingerprint density at radius 2 is 1.93 bits per heavy atom. The first-order chi connectivity index (χ1) is 13.1. The molecule has 2 amide bonds. The number of hydrogen-bond donors (Lipinski definition) is 1. The lowest BCUT2D eigenvalue weighted by molar-refractivity contribution is -0.141. The second-order valence-electron chi connectivity index (χ2n) is 6.88. The van der Waals surface area contributed by atoms with Gasteiger partial charge in [-0.1, -0.05) is 6.07 Å². The van der Waals surface area contributed by atoms with Gasteiger partial charge in [0.15, 0.2) is 0 Å². The lowest BCUT2D eigenvalue weighted by Gasteiger charge is -2.33. The minimum Gasteiger partial charge on any atom is -0.481 e. The molecule has 1 aromatic heterocycles. The Balaban J connectivity index is 1.65. The average molecular weight is 365 g/mol. The Kier molecular flexibility index (Phi) is 4.35. The predicted octanol–water partition coefficient (Wildman–Crippen LogP) is 2.18. The standard InChI is InChI=1S/C20H19N3O4/c24-18-15-4-1-5-16(22-10-2-3-14(12-22)20(26)27)17(15)19(25)23(18)11-13-6-8-21-9-7-13/h1,4-9,14H,2-3,10-12H2,(H,26,27). The van der Waals surface area contributed by atoms with Gasteiger partial charge >= 0.3 is 5.97 Å². The number of aliphatic carboxylic acids is 1. The molecule has 1 atom stereocenters. The van der Waals surface area contributed by atoms with Crippen molar-refractivity contribution in [3.8, 4) is 0 Å². The van der Waals surface area contributed by atoms with Crippen molar-refractivity contribution in [3.05, 3.63) is 59.4 Å². The van der Waals surface area contributed by atoms with Gasteiger partial charge < -0.3 is 10.0 Å². The van der Waals surface area contributed by atoms with Crippen LogP contribution in [-0.2, 0) is 11.3 Å². The van der Waals surface area contributed by atoms with Crippen molar-refractivity contribution < 1.29 is 19.5 Å². The van der Waals surface area contributed by atoms with Gasteiger partial charge in [0.1, 0.15) is 0 Å². The number of carboxylic acids is 1. The molecule has 7 heteroatoms. The number of pyridine rings is 1. The minimum absolute atomic E-state index is 0.187. The summed E-state index contributed by atoms with van der Waals surface area (Å²) in [5, 5.41) is 9.34. The van der Waals surface area contributed by atoms with Crippen LogP contribution in [0.4, 0.5) is 5.69 Å². The molecule has 0 radical (unpaired) electrons. The first-order valence-corrected chi connectivity index (χ1v) is 8.92. The zero-order valence-electron chi connectivity index (χ0n) is 14.7. The van der Waals surface area contributed by atoms with Gasteiger partial charge in [-0.15, -0.1) is 0 Å². The molecule has 0 bridgehead atoms. The maximum atomic E-state index is 13.0. The van der Waals surface area contributed by atoms with Crippen molar-refractivity contribution in [2.75, 3.05) is 18.0 Å². The molecule has 0 aliphatic carbocycles. The summed E-state index contributed by atoms with van der Waals surface area (Å²) in [5.74, 6) is -1.94. The van der Waals surface area contributed by atoms with E-state index in [1.807, 2.05) is 4.90 Å². The zero-order chi connectivity index (χ0) is 19.0. The van der Waals surface area contributed by atoms with Gasteiger partial charge in [-0.3, -0.25) is 24.3 Å². The molecule has 0 saturated carbocycles. The van der Waals surface area contributed by atoms with Gasteiger partial charge in [-0.25, -0.2) is 0 Å². The SMILES string of the molecule is O=C(O)C1CCCN(c2cccc3c2C(=O)N(Cc2ccncc2)C3=O)C1. The largest absolute Gasteiger partial charge is 0.481 e. The second-order valence-corrected chi connectivity index (χ2v) is 6.88. The van der Waals surface area contributed by atoms with E-state index in [4.69, 9.17) is 0 Å². The number of piperidine rings is 1. The van der Waals surface area contributed by atoms with Crippen LogP contribution in [-0.4, -0.2) is 45.9 Å². The molecule has 4 rings (SSSR count). The van der Waals surface area contributed by atoms with Crippen LogP contribution in [0.2, 0.25) is 0 Å². The molecule has 2 aliphatic heterocycles. The molecule has 1 fully saturated rings.